The Morgan fingerprint density at radius 3 is 2.25 bits per heavy atom. The smallest absolute Gasteiger partial charge is 0.383 e. The van der Waals surface area contributed by atoms with Gasteiger partial charge in [0, 0.05) is 19.4 Å². The van der Waals surface area contributed by atoms with Gasteiger partial charge in [0.05, 0.1) is 6.04 Å². The molecule has 14 heteroatoms. The van der Waals surface area contributed by atoms with Crippen LogP contribution in [0.2, 0.25) is 0 Å². The highest BCUT2D eigenvalue weighted by Gasteiger charge is 2.50. The molecule has 0 saturated heterocycles. The van der Waals surface area contributed by atoms with E-state index in [9.17, 15) is 28.8 Å². The van der Waals surface area contributed by atoms with E-state index in [1.807, 2.05) is 0 Å². The van der Waals surface area contributed by atoms with Gasteiger partial charge in [0.15, 0.2) is 6.61 Å². The average Bonchev–Trinajstić information content (AvgIpc) is 2.99. The van der Waals surface area contributed by atoms with Crippen LogP contribution < -0.4 is 31.7 Å². The lowest BCUT2D eigenvalue weighted by molar-refractivity contribution is -0.160. The van der Waals surface area contributed by atoms with E-state index >= 15 is 8.78 Å². The molecule has 6 N–H and O–H groups in total. The summed E-state index contributed by atoms with van der Waals surface area (Å²) in [5, 5.41) is 9.25. The van der Waals surface area contributed by atoms with Gasteiger partial charge in [0.25, 0.3) is 11.8 Å². The molecule has 0 aliphatic carbocycles. The summed E-state index contributed by atoms with van der Waals surface area (Å²) in [5.74, 6) is -11.8. The number of hydrogen-bond acceptors (Lipinski definition) is 7. The Balaban J connectivity index is 1.92. The third-order valence-corrected chi connectivity index (χ3v) is 6.83. The number of Topliss-reactive ketones (excluding diaryl/α,β-unsaturated/α-hetero) is 1. The van der Waals surface area contributed by atoms with Crippen molar-refractivity contribution in [3.05, 3.63) is 65.7 Å². The number of amides is 5. The second-order valence-corrected chi connectivity index (χ2v) is 10.7. The molecular formula is C30H35F2N5O7. The number of halogens is 2. The van der Waals surface area contributed by atoms with Crippen molar-refractivity contribution < 1.29 is 42.3 Å². The lowest BCUT2D eigenvalue weighted by Crippen LogP contribution is -2.60. The van der Waals surface area contributed by atoms with E-state index in [0.717, 1.165) is 0 Å². The Morgan fingerprint density at radius 2 is 1.64 bits per heavy atom. The van der Waals surface area contributed by atoms with Crippen molar-refractivity contribution in [1.82, 2.24) is 21.3 Å². The maximum absolute atomic E-state index is 15.3. The van der Waals surface area contributed by atoms with E-state index in [2.05, 4.69) is 21.3 Å². The van der Waals surface area contributed by atoms with E-state index in [-0.39, 0.29) is 25.1 Å². The fourth-order valence-corrected chi connectivity index (χ4v) is 4.38. The number of ketones is 1. The molecule has 0 saturated carbocycles. The predicted octanol–water partition coefficient (Wildman–Crippen LogP) is 0.518. The Kier molecular flexibility index (Phi) is 11.5. The fourth-order valence-electron chi connectivity index (χ4n) is 4.38. The molecule has 2 aromatic rings. The molecule has 236 valence electrons. The number of rotatable bonds is 9. The van der Waals surface area contributed by atoms with E-state index in [4.69, 9.17) is 10.5 Å². The first kappa shape index (κ1) is 33.6. The number of carbonyl (C=O) groups excluding carboxylic acids is 6. The minimum Gasteiger partial charge on any atom is -0.484 e. The van der Waals surface area contributed by atoms with Crippen LogP contribution in [0.25, 0.3) is 0 Å². The van der Waals surface area contributed by atoms with Gasteiger partial charge < -0.3 is 31.7 Å². The second kappa shape index (κ2) is 15.0. The van der Waals surface area contributed by atoms with Gasteiger partial charge in [0.1, 0.15) is 17.8 Å². The Hall–Kier alpha value is -4.88. The first-order valence-corrected chi connectivity index (χ1v) is 13.9. The number of nitrogens with two attached hydrogens (primary N) is 1. The van der Waals surface area contributed by atoms with E-state index in [1.54, 1.807) is 44.2 Å². The van der Waals surface area contributed by atoms with Gasteiger partial charge in [-0.1, -0.05) is 56.3 Å². The molecule has 2 aromatic carbocycles. The molecule has 2 heterocycles. The van der Waals surface area contributed by atoms with Crippen LogP contribution in [0.4, 0.5) is 8.78 Å². The van der Waals surface area contributed by atoms with Crippen LogP contribution in [-0.2, 0) is 41.7 Å². The van der Waals surface area contributed by atoms with Gasteiger partial charge in [-0.05, 0) is 35.6 Å². The van der Waals surface area contributed by atoms with Crippen molar-refractivity contribution in [2.24, 2.45) is 11.7 Å². The van der Waals surface area contributed by atoms with Gasteiger partial charge >= 0.3 is 5.92 Å². The van der Waals surface area contributed by atoms with Crippen molar-refractivity contribution in [2.75, 3.05) is 6.61 Å². The summed E-state index contributed by atoms with van der Waals surface area (Å²) < 4.78 is 36.0. The molecule has 0 spiro atoms. The van der Waals surface area contributed by atoms with Crippen LogP contribution in [0.15, 0.2) is 54.6 Å². The zero-order chi connectivity index (χ0) is 32.4. The first-order valence-electron chi connectivity index (χ1n) is 13.9. The minimum absolute atomic E-state index is 0.195. The first-order chi connectivity index (χ1) is 20.8. The van der Waals surface area contributed by atoms with Crippen molar-refractivity contribution in [3.63, 3.8) is 0 Å². The van der Waals surface area contributed by atoms with E-state index < -0.39 is 78.3 Å². The lowest BCUT2D eigenvalue weighted by Gasteiger charge is -2.28. The highest BCUT2D eigenvalue weighted by Crippen LogP contribution is 2.22. The molecule has 4 rings (SSSR count). The standard InChI is InChI=1S/C30H35F2N5O7/c1-17(2)25-28(42)36-22(26(40)30(31,32)29(43)34-15-19-6-4-3-5-7-19)14-18-8-10-20(11-9-18)44-16-24(39)35-21(27(41)37-25)12-13-23(33)38/h3-11,17,21-22,25H,12-16H2,1-2H3,(H2,33,38)(H,34,43)(H,35,39)(H,36,42)(H,37,41). The second-order valence-electron chi connectivity index (χ2n) is 10.7. The maximum Gasteiger partial charge on any atom is 0.383 e. The summed E-state index contributed by atoms with van der Waals surface area (Å²) in [7, 11) is 0. The van der Waals surface area contributed by atoms with Crippen LogP contribution >= 0.6 is 0 Å². The van der Waals surface area contributed by atoms with E-state index in [1.165, 1.54) is 24.3 Å². The van der Waals surface area contributed by atoms with Crippen LogP contribution in [0.3, 0.4) is 0 Å². The summed E-state index contributed by atoms with van der Waals surface area (Å²) in [5.41, 5.74) is 6.07. The molecule has 2 bridgehead atoms. The van der Waals surface area contributed by atoms with Crippen molar-refractivity contribution in [3.8, 4) is 5.75 Å². The van der Waals surface area contributed by atoms with Crippen LogP contribution in [0.1, 0.15) is 37.8 Å². The highest BCUT2D eigenvalue weighted by molar-refractivity contribution is 6.10. The molecule has 0 fully saturated rings. The predicted molar refractivity (Wildman–Crippen MR) is 153 cm³/mol. The summed E-state index contributed by atoms with van der Waals surface area (Å²) in [6, 6.07) is 9.51. The number of ether oxygens (including phenoxy) is 1. The van der Waals surface area contributed by atoms with Crippen LogP contribution in [0, 0.1) is 5.92 Å². The van der Waals surface area contributed by atoms with Gasteiger partial charge in [-0.2, -0.15) is 8.78 Å². The lowest BCUT2D eigenvalue weighted by atomic mass is 9.96. The highest BCUT2D eigenvalue weighted by atomic mass is 19.3. The van der Waals surface area contributed by atoms with Crippen molar-refractivity contribution >= 4 is 35.3 Å². The van der Waals surface area contributed by atoms with Crippen LogP contribution in [-0.4, -0.2) is 66.0 Å². The third kappa shape index (κ3) is 9.31. The number of carbonyl (C=O) groups is 6. The Bertz CT molecular complexity index is 1370. The zero-order valence-electron chi connectivity index (χ0n) is 24.2. The fraction of sp³-hybridized carbons (Fsp3) is 0.400. The van der Waals surface area contributed by atoms with Crippen LogP contribution in [0.5, 0.6) is 5.75 Å². The van der Waals surface area contributed by atoms with E-state index in [0.29, 0.717) is 11.1 Å². The molecule has 12 nitrogen and oxygen atoms in total. The molecule has 44 heavy (non-hydrogen) atoms. The van der Waals surface area contributed by atoms with Gasteiger partial charge in [0.2, 0.25) is 23.5 Å². The molecule has 0 radical (unpaired) electrons. The summed E-state index contributed by atoms with van der Waals surface area (Å²) in [6.07, 6.45) is -0.885. The number of alkyl halides is 2. The van der Waals surface area contributed by atoms with Gasteiger partial charge in [-0.25, -0.2) is 0 Å². The third-order valence-electron chi connectivity index (χ3n) is 6.83. The van der Waals surface area contributed by atoms with Gasteiger partial charge in [-0.15, -0.1) is 0 Å². The number of hydrogen-bond donors (Lipinski definition) is 5. The topological polar surface area (TPSA) is 186 Å². The minimum atomic E-state index is -4.52. The largest absolute Gasteiger partial charge is 0.484 e. The summed E-state index contributed by atoms with van der Waals surface area (Å²) in [4.78, 5) is 76.1. The summed E-state index contributed by atoms with van der Waals surface area (Å²) in [6.45, 7) is 2.37. The SMILES string of the molecule is CC(C)C1NC(=O)C(CCC(N)=O)NC(=O)COc2ccc(cc2)CC(C(=O)C(F)(F)C(=O)NCc2ccccc2)NC1=O. The maximum atomic E-state index is 15.3. The average molecular weight is 616 g/mol. The molecular weight excluding hydrogens is 580 g/mol. The molecule has 5 amide bonds. The summed E-state index contributed by atoms with van der Waals surface area (Å²) >= 11 is 0. The van der Waals surface area contributed by atoms with Crippen molar-refractivity contribution in [1.29, 1.82) is 0 Å². The molecule has 3 unspecified atom stereocenters. The van der Waals surface area contributed by atoms with Gasteiger partial charge in [-0.3, -0.25) is 28.8 Å². The van der Waals surface area contributed by atoms with Crippen molar-refractivity contribution in [2.45, 2.75) is 63.7 Å². The quantitative estimate of drug-likeness (QED) is 0.201. The Labute approximate surface area is 252 Å². The molecule has 0 aromatic heterocycles. The number of primary amides is 1. The number of fused-ring (bicyclic) bond motifs is 13. The number of benzene rings is 2. The molecule has 2 aliphatic heterocycles. The zero-order valence-corrected chi connectivity index (χ0v) is 24.2. The number of nitrogens with one attached hydrogen (secondary N) is 4. The molecule has 3 atom stereocenters. The normalized spacial score (nSPS) is 19.8. The Morgan fingerprint density at radius 1 is 0.977 bits per heavy atom. The monoisotopic (exact) mass is 615 g/mol. The molecule has 2 aliphatic rings.